The highest BCUT2D eigenvalue weighted by Crippen LogP contribution is 2.23. The summed E-state index contributed by atoms with van der Waals surface area (Å²) < 4.78 is 0. The van der Waals surface area contributed by atoms with Gasteiger partial charge in [-0.15, -0.1) is 0 Å². The molecule has 3 nitrogen and oxygen atoms in total. The van der Waals surface area contributed by atoms with Gasteiger partial charge in [0.2, 0.25) is 5.91 Å². The van der Waals surface area contributed by atoms with Gasteiger partial charge in [-0.2, -0.15) is 0 Å². The third kappa shape index (κ3) is 3.57. The van der Waals surface area contributed by atoms with Crippen LogP contribution >= 0.6 is 0 Å². The molecule has 1 aromatic rings. The molecule has 3 heteroatoms. The van der Waals surface area contributed by atoms with Crippen LogP contribution < -0.4 is 10.6 Å². The first-order valence-corrected chi connectivity index (χ1v) is 6.86. The van der Waals surface area contributed by atoms with Crippen LogP contribution in [-0.4, -0.2) is 25.5 Å². The molecule has 1 aliphatic rings. The largest absolute Gasteiger partial charge is 0.356 e. The van der Waals surface area contributed by atoms with E-state index >= 15 is 0 Å². The highest BCUT2D eigenvalue weighted by Gasteiger charge is 2.14. The zero-order valence-corrected chi connectivity index (χ0v) is 11.0. The second kappa shape index (κ2) is 6.55. The fraction of sp³-hybridized carbons (Fsp3) is 0.533. The fourth-order valence-corrected chi connectivity index (χ4v) is 2.49. The third-order valence-corrected chi connectivity index (χ3v) is 3.49. The Hall–Kier alpha value is -1.35. The van der Waals surface area contributed by atoms with Gasteiger partial charge in [0.1, 0.15) is 0 Å². The number of hydrogen-bond acceptors (Lipinski definition) is 2. The molecule has 1 fully saturated rings. The molecule has 1 amide bonds. The molecule has 0 aliphatic carbocycles. The number of benzene rings is 1. The van der Waals surface area contributed by atoms with E-state index in [0.717, 1.165) is 18.7 Å². The first kappa shape index (κ1) is 13.1. The Bertz CT molecular complexity index is 380. The smallest absolute Gasteiger partial charge is 0.224 e. The van der Waals surface area contributed by atoms with Gasteiger partial charge in [0.15, 0.2) is 0 Å². The van der Waals surface area contributed by atoms with Crippen molar-refractivity contribution in [3.63, 3.8) is 0 Å². The average molecular weight is 246 g/mol. The molecule has 1 saturated heterocycles. The summed E-state index contributed by atoms with van der Waals surface area (Å²) in [6.45, 7) is 4.86. The number of carbonyl (C=O) groups is 1. The van der Waals surface area contributed by atoms with E-state index in [1.54, 1.807) is 0 Å². The third-order valence-electron chi connectivity index (χ3n) is 3.49. The van der Waals surface area contributed by atoms with Crippen molar-refractivity contribution in [2.45, 2.75) is 32.1 Å². The first-order valence-electron chi connectivity index (χ1n) is 6.86. The molecule has 1 aromatic carbocycles. The second-order valence-electron chi connectivity index (χ2n) is 4.92. The second-order valence-corrected chi connectivity index (χ2v) is 4.92. The summed E-state index contributed by atoms with van der Waals surface area (Å²) in [7, 11) is 0. The molecule has 98 valence electrons. The van der Waals surface area contributed by atoms with E-state index in [1.165, 1.54) is 18.4 Å². The van der Waals surface area contributed by atoms with Crippen molar-refractivity contribution >= 4 is 5.91 Å². The molecule has 18 heavy (non-hydrogen) atoms. The van der Waals surface area contributed by atoms with Gasteiger partial charge in [-0.25, -0.2) is 0 Å². The molecule has 0 spiro atoms. The lowest BCUT2D eigenvalue weighted by Gasteiger charge is -2.23. The summed E-state index contributed by atoms with van der Waals surface area (Å²) in [4.78, 5) is 11.5. The number of nitrogens with one attached hydrogen (secondary N) is 2. The maximum atomic E-state index is 11.5. The molecule has 0 saturated carbocycles. The van der Waals surface area contributed by atoms with Crippen LogP contribution in [0.15, 0.2) is 24.3 Å². The zero-order valence-electron chi connectivity index (χ0n) is 11.0. The predicted molar refractivity (Wildman–Crippen MR) is 73.7 cm³/mol. The van der Waals surface area contributed by atoms with Crippen LogP contribution in [0.5, 0.6) is 0 Å². The van der Waals surface area contributed by atoms with Crippen LogP contribution in [-0.2, 0) is 11.2 Å². The van der Waals surface area contributed by atoms with Gasteiger partial charge in [-0.3, -0.25) is 4.79 Å². The van der Waals surface area contributed by atoms with Crippen molar-refractivity contribution in [2.75, 3.05) is 19.6 Å². The van der Waals surface area contributed by atoms with Crippen molar-refractivity contribution in [2.24, 2.45) is 0 Å². The topological polar surface area (TPSA) is 41.1 Å². The monoisotopic (exact) mass is 246 g/mol. The Morgan fingerprint density at radius 2 is 2.17 bits per heavy atom. The first-order chi connectivity index (χ1) is 8.79. The van der Waals surface area contributed by atoms with Gasteiger partial charge in [0.25, 0.3) is 0 Å². The van der Waals surface area contributed by atoms with E-state index in [9.17, 15) is 4.79 Å². The Balaban J connectivity index is 1.94. The molecule has 1 atom stereocenters. The molecule has 0 bridgehead atoms. The summed E-state index contributed by atoms with van der Waals surface area (Å²) in [5, 5.41) is 6.26. The van der Waals surface area contributed by atoms with Crippen molar-refractivity contribution in [1.29, 1.82) is 0 Å². The summed E-state index contributed by atoms with van der Waals surface area (Å²) in [6.07, 6.45) is 3.00. The van der Waals surface area contributed by atoms with E-state index in [-0.39, 0.29) is 5.91 Å². The van der Waals surface area contributed by atoms with Crippen molar-refractivity contribution in [3.05, 3.63) is 35.4 Å². The quantitative estimate of drug-likeness (QED) is 0.851. The number of likely N-dealkylation sites (N-methyl/N-ethyl adjacent to an activating group) is 1. The predicted octanol–water partition coefficient (Wildman–Crippen LogP) is 1.83. The minimum atomic E-state index is 0.101. The number of piperidine rings is 1. The summed E-state index contributed by atoms with van der Waals surface area (Å²) in [6, 6.07) is 8.51. The standard InChI is InChI=1S/C15H22N2O/c1-2-17-15(18)10-12-5-7-13(8-6-12)14-4-3-9-16-11-14/h5-8,14,16H,2-4,9-11H2,1H3,(H,17,18). The van der Waals surface area contributed by atoms with Gasteiger partial charge < -0.3 is 10.6 Å². The minimum Gasteiger partial charge on any atom is -0.356 e. The van der Waals surface area contributed by atoms with Gasteiger partial charge >= 0.3 is 0 Å². The van der Waals surface area contributed by atoms with Crippen LogP contribution in [0, 0.1) is 0 Å². The molecule has 0 radical (unpaired) electrons. The van der Waals surface area contributed by atoms with E-state index in [4.69, 9.17) is 0 Å². The van der Waals surface area contributed by atoms with E-state index in [1.807, 2.05) is 6.92 Å². The maximum absolute atomic E-state index is 11.5. The zero-order chi connectivity index (χ0) is 12.8. The van der Waals surface area contributed by atoms with Crippen molar-refractivity contribution in [1.82, 2.24) is 10.6 Å². The summed E-state index contributed by atoms with van der Waals surface area (Å²) in [5.74, 6) is 0.738. The lowest BCUT2D eigenvalue weighted by molar-refractivity contribution is -0.120. The highest BCUT2D eigenvalue weighted by atomic mass is 16.1. The van der Waals surface area contributed by atoms with Crippen LogP contribution in [0.1, 0.15) is 36.8 Å². The maximum Gasteiger partial charge on any atom is 0.224 e. The fourth-order valence-electron chi connectivity index (χ4n) is 2.49. The van der Waals surface area contributed by atoms with Crippen molar-refractivity contribution < 1.29 is 4.79 Å². The molecule has 1 heterocycles. The Morgan fingerprint density at radius 1 is 1.39 bits per heavy atom. The van der Waals surface area contributed by atoms with Gasteiger partial charge in [-0.1, -0.05) is 24.3 Å². The lowest BCUT2D eigenvalue weighted by atomic mass is 9.91. The molecule has 1 aliphatic heterocycles. The Morgan fingerprint density at radius 3 is 2.78 bits per heavy atom. The number of hydrogen-bond donors (Lipinski definition) is 2. The number of rotatable bonds is 4. The Kier molecular flexibility index (Phi) is 4.76. The Labute approximate surface area is 109 Å². The van der Waals surface area contributed by atoms with Gasteiger partial charge in [-0.05, 0) is 43.4 Å². The summed E-state index contributed by atoms with van der Waals surface area (Å²) in [5.41, 5.74) is 2.48. The normalized spacial score (nSPS) is 19.5. The van der Waals surface area contributed by atoms with Crippen LogP contribution in [0.2, 0.25) is 0 Å². The molecule has 0 aromatic heterocycles. The lowest BCUT2D eigenvalue weighted by Crippen LogP contribution is -2.28. The number of carbonyl (C=O) groups excluding carboxylic acids is 1. The molecule has 2 N–H and O–H groups in total. The molecule has 1 unspecified atom stereocenters. The summed E-state index contributed by atoms with van der Waals surface area (Å²) >= 11 is 0. The molecular formula is C15H22N2O. The molecule has 2 rings (SSSR count). The SMILES string of the molecule is CCNC(=O)Cc1ccc(C2CCCNC2)cc1. The molecular weight excluding hydrogens is 224 g/mol. The van der Waals surface area contributed by atoms with Crippen LogP contribution in [0.3, 0.4) is 0 Å². The van der Waals surface area contributed by atoms with Crippen LogP contribution in [0.25, 0.3) is 0 Å². The minimum absolute atomic E-state index is 0.101. The van der Waals surface area contributed by atoms with Gasteiger partial charge in [0, 0.05) is 13.1 Å². The van der Waals surface area contributed by atoms with Crippen molar-refractivity contribution in [3.8, 4) is 0 Å². The number of amides is 1. The van der Waals surface area contributed by atoms with E-state index in [2.05, 4.69) is 34.9 Å². The van der Waals surface area contributed by atoms with Crippen LogP contribution in [0.4, 0.5) is 0 Å². The van der Waals surface area contributed by atoms with Gasteiger partial charge in [0.05, 0.1) is 6.42 Å². The average Bonchev–Trinajstić information content (AvgIpc) is 2.41. The van der Waals surface area contributed by atoms with E-state index < -0.39 is 0 Å². The highest BCUT2D eigenvalue weighted by molar-refractivity contribution is 5.78. The van der Waals surface area contributed by atoms with E-state index in [0.29, 0.717) is 18.9 Å².